The third-order valence-electron chi connectivity index (χ3n) is 2.32. The third-order valence-corrected chi connectivity index (χ3v) is 3.17. The monoisotopic (exact) mass is 248 g/mol. The molecule has 0 aromatic carbocycles. The summed E-state index contributed by atoms with van der Waals surface area (Å²) in [6, 6.07) is 8.10. The van der Waals surface area contributed by atoms with Crippen LogP contribution >= 0.6 is 11.3 Å². The molecule has 0 saturated carbocycles. The van der Waals surface area contributed by atoms with Gasteiger partial charge in [0.05, 0.1) is 13.2 Å². The van der Waals surface area contributed by atoms with E-state index in [0.29, 0.717) is 13.2 Å². The van der Waals surface area contributed by atoms with Crippen LogP contribution in [0, 0.1) is 0 Å². The van der Waals surface area contributed by atoms with Crippen molar-refractivity contribution >= 4 is 17.2 Å². The first-order valence-corrected chi connectivity index (χ1v) is 6.56. The zero-order valence-electron chi connectivity index (χ0n) is 9.85. The fourth-order valence-corrected chi connectivity index (χ4v) is 2.18. The molecule has 1 N–H and O–H groups in total. The van der Waals surface area contributed by atoms with Crippen molar-refractivity contribution in [1.29, 1.82) is 0 Å². The van der Waals surface area contributed by atoms with Crippen LogP contribution in [0.2, 0.25) is 0 Å². The predicted octanol–water partition coefficient (Wildman–Crippen LogP) is 3.29. The molecule has 0 saturated heterocycles. The lowest BCUT2D eigenvalue weighted by Crippen LogP contribution is -2.04. The number of ether oxygens (including phenoxy) is 1. The minimum absolute atomic E-state index is 0.591. The molecule has 0 aliphatic carbocycles. The average Bonchev–Trinajstić information content (AvgIpc) is 2.85. The van der Waals surface area contributed by atoms with Gasteiger partial charge in [-0.15, -0.1) is 11.3 Å². The Morgan fingerprint density at radius 1 is 1.29 bits per heavy atom. The van der Waals surface area contributed by atoms with E-state index < -0.39 is 0 Å². The van der Waals surface area contributed by atoms with Crippen molar-refractivity contribution in [2.75, 3.05) is 11.9 Å². The Labute approximate surface area is 105 Å². The van der Waals surface area contributed by atoms with E-state index in [1.165, 1.54) is 4.88 Å². The van der Waals surface area contributed by atoms with E-state index in [-0.39, 0.29) is 0 Å². The van der Waals surface area contributed by atoms with Gasteiger partial charge in [-0.2, -0.15) is 0 Å². The van der Waals surface area contributed by atoms with Crippen LogP contribution < -0.4 is 5.32 Å². The molecule has 0 unspecified atom stereocenters. The molecule has 0 fully saturated rings. The Balaban J connectivity index is 1.89. The molecule has 0 spiro atoms. The van der Waals surface area contributed by atoms with Crippen molar-refractivity contribution in [3.05, 3.63) is 46.3 Å². The second-order valence-electron chi connectivity index (χ2n) is 3.61. The van der Waals surface area contributed by atoms with Gasteiger partial charge < -0.3 is 10.1 Å². The molecule has 0 bridgehead atoms. The number of rotatable bonds is 6. The number of nitrogens with one attached hydrogen (secondary N) is 1. The quantitative estimate of drug-likeness (QED) is 0.851. The second kappa shape index (κ2) is 6.37. The molecule has 3 nitrogen and oxygen atoms in total. The minimum Gasteiger partial charge on any atom is -0.371 e. The summed E-state index contributed by atoms with van der Waals surface area (Å²) >= 11 is 1.72. The van der Waals surface area contributed by atoms with Crippen molar-refractivity contribution in [2.45, 2.75) is 20.1 Å². The standard InChI is InChI=1S/C13H16N2OS/c1-2-14-13-11(5-3-7-15-13)9-16-10-12-6-4-8-17-12/h3-8H,2,9-10H2,1H3,(H,14,15). The molecule has 2 aromatic rings. The van der Waals surface area contributed by atoms with Crippen LogP contribution in [0.15, 0.2) is 35.8 Å². The Bertz CT molecular complexity index is 442. The van der Waals surface area contributed by atoms with E-state index in [4.69, 9.17) is 4.74 Å². The zero-order chi connectivity index (χ0) is 11.9. The lowest BCUT2D eigenvalue weighted by Gasteiger charge is -2.09. The van der Waals surface area contributed by atoms with E-state index in [2.05, 4.69) is 28.7 Å². The van der Waals surface area contributed by atoms with Crippen LogP contribution in [0.25, 0.3) is 0 Å². The number of anilines is 1. The van der Waals surface area contributed by atoms with Gasteiger partial charge in [0.1, 0.15) is 5.82 Å². The summed E-state index contributed by atoms with van der Waals surface area (Å²) in [6.07, 6.45) is 1.79. The molecular weight excluding hydrogens is 232 g/mol. The number of hydrogen-bond acceptors (Lipinski definition) is 4. The summed E-state index contributed by atoms with van der Waals surface area (Å²) in [4.78, 5) is 5.54. The van der Waals surface area contributed by atoms with E-state index >= 15 is 0 Å². The topological polar surface area (TPSA) is 34.2 Å². The van der Waals surface area contributed by atoms with Crippen molar-refractivity contribution in [3.8, 4) is 0 Å². The Kier molecular flexibility index (Phi) is 4.53. The minimum atomic E-state index is 0.591. The molecule has 0 amide bonds. The van der Waals surface area contributed by atoms with Crippen LogP contribution in [0.4, 0.5) is 5.82 Å². The summed E-state index contributed by atoms with van der Waals surface area (Å²) in [5, 5.41) is 5.29. The van der Waals surface area contributed by atoms with Gasteiger partial charge in [-0.25, -0.2) is 4.98 Å². The number of thiophene rings is 1. The molecule has 0 radical (unpaired) electrons. The van der Waals surface area contributed by atoms with Gasteiger partial charge >= 0.3 is 0 Å². The maximum atomic E-state index is 5.68. The van der Waals surface area contributed by atoms with Crippen LogP contribution in [0.3, 0.4) is 0 Å². The fraction of sp³-hybridized carbons (Fsp3) is 0.308. The highest BCUT2D eigenvalue weighted by atomic mass is 32.1. The molecule has 0 aliphatic rings. The Hall–Kier alpha value is -1.39. The lowest BCUT2D eigenvalue weighted by molar-refractivity contribution is 0.109. The molecule has 17 heavy (non-hydrogen) atoms. The van der Waals surface area contributed by atoms with Gasteiger partial charge in [-0.3, -0.25) is 0 Å². The first kappa shape index (κ1) is 12.1. The Morgan fingerprint density at radius 2 is 2.24 bits per heavy atom. The van der Waals surface area contributed by atoms with Crippen LogP contribution in [-0.2, 0) is 18.0 Å². The smallest absolute Gasteiger partial charge is 0.131 e. The van der Waals surface area contributed by atoms with Gasteiger partial charge in [0.2, 0.25) is 0 Å². The van der Waals surface area contributed by atoms with Gasteiger partial charge in [0.15, 0.2) is 0 Å². The fourth-order valence-electron chi connectivity index (χ4n) is 1.54. The summed E-state index contributed by atoms with van der Waals surface area (Å²) < 4.78 is 5.68. The molecule has 2 aromatic heterocycles. The van der Waals surface area contributed by atoms with E-state index in [0.717, 1.165) is 17.9 Å². The van der Waals surface area contributed by atoms with Crippen molar-refractivity contribution < 1.29 is 4.74 Å². The summed E-state index contributed by atoms with van der Waals surface area (Å²) in [7, 11) is 0. The SMILES string of the molecule is CCNc1ncccc1COCc1cccs1. The number of pyridine rings is 1. The first-order valence-electron chi connectivity index (χ1n) is 5.68. The average molecular weight is 248 g/mol. The molecule has 0 aliphatic heterocycles. The summed E-state index contributed by atoms with van der Waals surface area (Å²) in [5.41, 5.74) is 1.10. The maximum absolute atomic E-state index is 5.68. The van der Waals surface area contributed by atoms with E-state index in [9.17, 15) is 0 Å². The van der Waals surface area contributed by atoms with E-state index in [1.54, 1.807) is 17.5 Å². The van der Waals surface area contributed by atoms with E-state index in [1.807, 2.05) is 18.2 Å². The highest BCUT2D eigenvalue weighted by molar-refractivity contribution is 7.09. The second-order valence-corrected chi connectivity index (χ2v) is 4.65. The number of nitrogens with zero attached hydrogens (tertiary/aromatic N) is 1. The molecule has 90 valence electrons. The predicted molar refractivity (Wildman–Crippen MR) is 71.2 cm³/mol. The molecule has 2 heterocycles. The van der Waals surface area contributed by atoms with Crippen LogP contribution in [0.5, 0.6) is 0 Å². The van der Waals surface area contributed by atoms with Crippen molar-refractivity contribution in [1.82, 2.24) is 4.98 Å². The third kappa shape index (κ3) is 3.54. The molecular formula is C13H16N2OS. The summed E-state index contributed by atoms with van der Waals surface area (Å²) in [5.74, 6) is 0.918. The van der Waals surface area contributed by atoms with Crippen molar-refractivity contribution in [2.24, 2.45) is 0 Å². The van der Waals surface area contributed by atoms with Crippen LogP contribution in [0.1, 0.15) is 17.4 Å². The maximum Gasteiger partial charge on any atom is 0.131 e. The van der Waals surface area contributed by atoms with Gasteiger partial charge in [-0.1, -0.05) is 12.1 Å². The highest BCUT2D eigenvalue weighted by Crippen LogP contribution is 2.15. The normalized spacial score (nSPS) is 10.4. The molecule has 4 heteroatoms. The lowest BCUT2D eigenvalue weighted by atomic mass is 10.2. The van der Waals surface area contributed by atoms with Crippen molar-refractivity contribution in [3.63, 3.8) is 0 Å². The zero-order valence-corrected chi connectivity index (χ0v) is 10.7. The highest BCUT2D eigenvalue weighted by Gasteiger charge is 2.02. The first-order chi connectivity index (χ1) is 8.40. The van der Waals surface area contributed by atoms with Crippen LogP contribution in [-0.4, -0.2) is 11.5 Å². The Morgan fingerprint density at radius 3 is 3.00 bits per heavy atom. The van der Waals surface area contributed by atoms with Gasteiger partial charge in [0, 0.05) is 23.2 Å². The molecule has 0 atom stereocenters. The van der Waals surface area contributed by atoms with Gasteiger partial charge in [0.25, 0.3) is 0 Å². The number of hydrogen-bond donors (Lipinski definition) is 1. The largest absolute Gasteiger partial charge is 0.371 e. The molecule has 2 rings (SSSR count). The number of aromatic nitrogens is 1. The summed E-state index contributed by atoms with van der Waals surface area (Å²) in [6.45, 7) is 4.19. The van der Waals surface area contributed by atoms with Gasteiger partial charge in [-0.05, 0) is 24.4 Å².